The fourth-order valence-corrected chi connectivity index (χ4v) is 2.02. The molecule has 1 amide bonds. The van der Waals surface area contributed by atoms with Crippen molar-refractivity contribution >= 4 is 12.0 Å². The largest absolute Gasteiger partial charge is 0.494 e. The Bertz CT molecular complexity index is 683. The molecule has 2 aromatic rings. The quantitative estimate of drug-likeness (QED) is 0.625. The van der Waals surface area contributed by atoms with Gasteiger partial charge in [-0.15, -0.1) is 0 Å². The average Bonchev–Trinajstić information content (AvgIpc) is 2.53. The van der Waals surface area contributed by atoms with Crippen molar-refractivity contribution in [2.45, 2.75) is 13.3 Å². The zero-order chi connectivity index (χ0) is 16.5. The Hall–Kier alpha value is -2.62. The molecule has 0 aliphatic heterocycles. The van der Waals surface area contributed by atoms with E-state index in [1.165, 1.54) is 18.2 Å². The second kappa shape index (κ2) is 8.73. The van der Waals surface area contributed by atoms with Crippen LogP contribution in [0.4, 0.5) is 4.39 Å². The molecule has 0 unspecified atom stereocenters. The molecule has 0 aromatic heterocycles. The lowest BCUT2D eigenvalue weighted by Crippen LogP contribution is -2.23. The van der Waals surface area contributed by atoms with E-state index in [2.05, 4.69) is 5.32 Å². The first-order valence-corrected chi connectivity index (χ1v) is 7.54. The SMILES string of the molecule is Cc1cccc(OCCCNC(=O)/C=C/c2cccc(F)c2)c1. The summed E-state index contributed by atoms with van der Waals surface area (Å²) in [5.74, 6) is 0.313. The lowest BCUT2D eigenvalue weighted by molar-refractivity contribution is -0.116. The molecule has 0 heterocycles. The number of amides is 1. The molecule has 0 saturated heterocycles. The van der Waals surface area contributed by atoms with Gasteiger partial charge in [-0.25, -0.2) is 4.39 Å². The summed E-state index contributed by atoms with van der Waals surface area (Å²) < 4.78 is 18.6. The maximum absolute atomic E-state index is 13.0. The van der Waals surface area contributed by atoms with Crippen molar-refractivity contribution in [3.63, 3.8) is 0 Å². The molecule has 0 aliphatic carbocycles. The highest BCUT2D eigenvalue weighted by molar-refractivity contribution is 5.91. The lowest BCUT2D eigenvalue weighted by Gasteiger charge is -2.07. The Kier molecular flexibility index (Phi) is 6.36. The molecule has 0 spiro atoms. The third kappa shape index (κ3) is 6.34. The Balaban J connectivity index is 1.65. The van der Waals surface area contributed by atoms with Crippen molar-refractivity contribution in [3.05, 3.63) is 71.6 Å². The maximum atomic E-state index is 13.0. The van der Waals surface area contributed by atoms with E-state index in [-0.39, 0.29) is 11.7 Å². The fourth-order valence-electron chi connectivity index (χ4n) is 2.02. The molecule has 23 heavy (non-hydrogen) atoms. The number of halogens is 1. The van der Waals surface area contributed by atoms with Gasteiger partial charge < -0.3 is 10.1 Å². The van der Waals surface area contributed by atoms with Crippen LogP contribution in [0.25, 0.3) is 6.08 Å². The first-order chi connectivity index (χ1) is 11.1. The number of benzene rings is 2. The average molecular weight is 313 g/mol. The van der Waals surface area contributed by atoms with Crippen LogP contribution in [-0.2, 0) is 4.79 Å². The molecule has 1 N–H and O–H groups in total. The second-order valence-corrected chi connectivity index (χ2v) is 5.20. The standard InChI is InChI=1S/C19H20FNO2/c1-15-5-2-8-18(13-15)23-12-4-11-21-19(22)10-9-16-6-3-7-17(20)14-16/h2-3,5-10,13-14H,4,11-12H2,1H3,(H,21,22)/b10-9+. The highest BCUT2D eigenvalue weighted by Gasteiger charge is 1.97. The first kappa shape index (κ1) is 16.7. The van der Waals surface area contributed by atoms with E-state index in [9.17, 15) is 9.18 Å². The van der Waals surface area contributed by atoms with E-state index in [0.29, 0.717) is 25.1 Å². The third-order valence-electron chi connectivity index (χ3n) is 3.15. The topological polar surface area (TPSA) is 38.3 Å². The number of hydrogen-bond donors (Lipinski definition) is 1. The molecular weight excluding hydrogens is 293 g/mol. The Morgan fingerprint density at radius 1 is 1.22 bits per heavy atom. The van der Waals surface area contributed by atoms with Crippen LogP contribution in [-0.4, -0.2) is 19.1 Å². The summed E-state index contributed by atoms with van der Waals surface area (Å²) in [5, 5.41) is 2.77. The van der Waals surface area contributed by atoms with Crippen LogP contribution < -0.4 is 10.1 Å². The van der Waals surface area contributed by atoms with Gasteiger partial charge in [0.25, 0.3) is 0 Å². The van der Waals surface area contributed by atoms with E-state index in [1.807, 2.05) is 31.2 Å². The van der Waals surface area contributed by atoms with Gasteiger partial charge in [-0.2, -0.15) is 0 Å². The predicted molar refractivity (Wildman–Crippen MR) is 89.7 cm³/mol. The van der Waals surface area contributed by atoms with Crippen molar-refractivity contribution in [1.29, 1.82) is 0 Å². The smallest absolute Gasteiger partial charge is 0.244 e. The summed E-state index contributed by atoms with van der Waals surface area (Å²) in [6.07, 6.45) is 3.70. The summed E-state index contributed by atoms with van der Waals surface area (Å²) >= 11 is 0. The van der Waals surface area contributed by atoms with Crippen molar-refractivity contribution in [3.8, 4) is 5.75 Å². The van der Waals surface area contributed by atoms with Gasteiger partial charge in [-0.3, -0.25) is 4.79 Å². The molecule has 0 aliphatic rings. The molecule has 2 aromatic carbocycles. The van der Waals surface area contributed by atoms with Crippen LogP contribution in [0.5, 0.6) is 5.75 Å². The Labute approximate surface area is 135 Å². The van der Waals surface area contributed by atoms with E-state index in [0.717, 1.165) is 11.3 Å². The van der Waals surface area contributed by atoms with E-state index < -0.39 is 0 Å². The van der Waals surface area contributed by atoms with Crippen molar-refractivity contribution in [2.24, 2.45) is 0 Å². The van der Waals surface area contributed by atoms with Gasteiger partial charge in [-0.1, -0.05) is 24.3 Å². The summed E-state index contributed by atoms with van der Waals surface area (Å²) in [6.45, 7) is 3.08. The molecular formula is C19H20FNO2. The fraction of sp³-hybridized carbons (Fsp3) is 0.211. The summed E-state index contributed by atoms with van der Waals surface area (Å²) in [7, 11) is 0. The number of ether oxygens (including phenoxy) is 1. The van der Waals surface area contributed by atoms with Crippen molar-refractivity contribution < 1.29 is 13.9 Å². The van der Waals surface area contributed by atoms with Crippen LogP contribution >= 0.6 is 0 Å². The zero-order valence-electron chi connectivity index (χ0n) is 13.1. The minimum absolute atomic E-state index is 0.204. The van der Waals surface area contributed by atoms with Crippen LogP contribution in [0.1, 0.15) is 17.5 Å². The molecule has 0 fully saturated rings. The van der Waals surface area contributed by atoms with E-state index in [1.54, 1.807) is 18.2 Å². The third-order valence-corrected chi connectivity index (χ3v) is 3.15. The Morgan fingerprint density at radius 3 is 2.83 bits per heavy atom. The predicted octanol–water partition coefficient (Wildman–Crippen LogP) is 3.73. The minimum Gasteiger partial charge on any atom is -0.494 e. The second-order valence-electron chi connectivity index (χ2n) is 5.20. The minimum atomic E-state index is -0.319. The van der Waals surface area contributed by atoms with Crippen LogP contribution in [0.15, 0.2) is 54.6 Å². The number of aryl methyl sites for hydroxylation is 1. The van der Waals surface area contributed by atoms with Crippen molar-refractivity contribution in [1.82, 2.24) is 5.32 Å². The first-order valence-electron chi connectivity index (χ1n) is 7.54. The number of hydrogen-bond acceptors (Lipinski definition) is 2. The molecule has 0 radical (unpaired) electrons. The van der Waals surface area contributed by atoms with Crippen LogP contribution in [0.2, 0.25) is 0 Å². The molecule has 0 bridgehead atoms. The summed E-state index contributed by atoms with van der Waals surface area (Å²) in [6, 6.07) is 13.9. The van der Waals surface area contributed by atoms with Gasteiger partial charge in [0.1, 0.15) is 11.6 Å². The highest BCUT2D eigenvalue weighted by atomic mass is 19.1. The van der Waals surface area contributed by atoms with Gasteiger partial charge in [0.2, 0.25) is 5.91 Å². The van der Waals surface area contributed by atoms with Crippen molar-refractivity contribution in [2.75, 3.05) is 13.2 Å². The number of carbonyl (C=O) groups is 1. The van der Waals surface area contributed by atoms with E-state index in [4.69, 9.17) is 4.74 Å². The van der Waals surface area contributed by atoms with Gasteiger partial charge in [-0.05, 0) is 54.8 Å². The number of rotatable bonds is 7. The normalized spacial score (nSPS) is 10.7. The Morgan fingerprint density at radius 2 is 2.04 bits per heavy atom. The zero-order valence-corrected chi connectivity index (χ0v) is 13.1. The molecule has 2 rings (SSSR count). The van der Waals surface area contributed by atoms with Gasteiger partial charge in [0.15, 0.2) is 0 Å². The summed E-state index contributed by atoms with van der Waals surface area (Å²) in [4.78, 5) is 11.6. The van der Waals surface area contributed by atoms with Gasteiger partial charge >= 0.3 is 0 Å². The highest BCUT2D eigenvalue weighted by Crippen LogP contribution is 2.12. The number of carbonyl (C=O) groups excluding carboxylic acids is 1. The lowest BCUT2D eigenvalue weighted by atomic mass is 10.2. The maximum Gasteiger partial charge on any atom is 0.244 e. The number of nitrogens with one attached hydrogen (secondary N) is 1. The molecule has 120 valence electrons. The summed E-state index contributed by atoms with van der Waals surface area (Å²) in [5.41, 5.74) is 1.81. The molecule has 0 saturated carbocycles. The van der Waals surface area contributed by atoms with Gasteiger partial charge in [0, 0.05) is 12.6 Å². The molecule has 4 heteroatoms. The van der Waals surface area contributed by atoms with Crippen LogP contribution in [0, 0.1) is 12.7 Å². The monoisotopic (exact) mass is 313 g/mol. The van der Waals surface area contributed by atoms with E-state index >= 15 is 0 Å². The van der Waals surface area contributed by atoms with Crippen LogP contribution in [0.3, 0.4) is 0 Å². The van der Waals surface area contributed by atoms with Gasteiger partial charge in [0.05, 0.1) is 6.61 Å². The molecule has 0 atom stereocenters. The molecule has 3 nitrogen and oxygen atoms in total.